The van der Waals surface area contributed by atoms with Crippen molar-refractivity contribution >= 4 is 11.6 Å². The van der Waals surface area contributed by atoms with Crippen molar-refractivity contribution in [3.05, 3.63) is 24.3 Å². The smallest absolute Gasteiger partial charge is 0.241 e. The highest BCUT2D eigenvalue weighted by Gasteiger charge is 2.13. The lowest BCUT2D eigenvalue weighted by molar-refractivity contribution is -0.117. The molecule has 3 N–H and O–H groups in total. The Balaban J connectivity index is 2.69. The fraction of sp³-hybridized carbons (Fsp3) is 0.417. The van der Waals surface area contributed by atoms with Crippen LogP contribution in [-0.2, 0) is 4.79 Å². The molecule has 1 aromatic carbocycles. The number of methoxy groups -OCH3 is 1. The van der Waals surface area contributed by atoms with E-state index in [4.69, 9.17) is 10.5 Å². The molecule has 0 bridgehead atoms. The summed E-state index contributed by atoms with van der Waals surface area (Å²) in [5, 5.41) is 2.76. The van der Waals surface area contributed by atoms with E-state index in [1.165, 1.54) is 0 Å². The Bertz CT molecular complexity index is 353. The second kappa shape index (κ2) is 6.12. The molecule has 0 heterocycles. The molecule has 0 aliphatic carbocycles. The normalized spacial score (nSPS) is 11.9. The third-order valence-corrected chi connectivity index (χ3v) is 2.30. The zero-order valence-electron chi connectivity index (χ0n) is 9.69. The lowest BCUT2D eigenvalue weighted by Crippen LogP contribution is -2.35. The fourth-order valence-electron chi connectivity index (χ4n) is 1.42. The van der Waals surface area contributed by atoms with Crippen molar-refractivity contribution in [1.29, 1.82) is 0 Å². The largest absolute Gasteiger partial charge is 0.495 e. The van der Waals surface area contributed by atoms with Crippen molar-refractivity contribution in [1.82, 2.24) is 0 Å². The Morgan fingerprint density at radius 2 is 2.19 bits per heavy atom. The van der Waals surface area contributed by atoms with E-state index in [1.54, 1.807) is 19.2 Å². The van der Waals surface area contributed by atoms with Gasteiger partial charge in [-0.3, -0.25) is 4.79 Å². The molecule has 0 spiro atoms. The Kier molecular flexibility index (Phi) is 4.79. The highest BCUT2D eigenvalue weighted by Crippen LogP contribution is 2.23. The molecule has 16 heavy (non-hydrogen) atoms. The van der Waals surface area contributed by atoms with Gasteiger partial charge in [-0.15, -0.1) is 0 Å². The second-order valence-electron chi connectivity index (χ2n) is 3.58. The van der Waals surface area contributed by atoms with Gasteiger partial charge < -0.3 is 15.8 Å². The molecular formula is C12H18N2O2. The SMILES string of the molecule is CCC[C@@H](N)C(=O)Nc1ccccc1OC. The number of benzene rings is 1. The van der Waals surface area contributed by atoms with E-state index in [0.717, 1.165) is 6.42 Å². The van der Waals surface area contributed by atoms with Gasteiger partial charge in [-0.05, 0) is 18.6 Å². The van der Waals surface area contributed by atoms with Crippen LogP contribution in [-0.4, -0.2) is 19.1 Å². The third-order valence-electron chi connectivity index (χ3n) is 2.30. The van der Waals surface area contributed by atoms with E-state index in [2.05, 4.69) is 5.32 Å². The van der Waals surface area contributed by atoms with Gasteiger partial charge in [0.15, 0.2) is 0 Å². The van der Waals surface area contributed by atoms with Gasteiger partial charge in [0, 0.05) is 0 Å². The number of anilines is 1. The summed E-state index contributed by atoms with van der Waals surface area (Å²) < 4.78 is 5.13. The van der Waals surface area contributed by atoms with E-state index < -0.39 is 6.04 Å². The Labute approximate surface area is 95.8 Å². The molecule has 0 saturated carbocycles. The van der Waals surface area contributed by atoms with Crippen LogP contribution in [0.25, 0.3) is 0 Å². The maximum atomic E-state index is 11.7. The molecule has 1 rings (SSSR count). The third kappa shape index (κ3) is 3.24. The second-order valence-corrected chi connectivity index (χ2v) is 3.58. The number of hydrogen-bond donors (Lipinski definition) is 2. The van der Waals surface area contributed by atoms with Gasteiger partial charge in [0.05, 0.1) is 18.8 Å². The highest BCUT2D eigenvalue weighted by atomic mass is 16.5. The summed E-state index contributed by atoms with van der Waals surface area (Å²) in [4.78, 5) is 11.7. The summed E-state index contributed by atoms with van der Waals surface area (Å²) in [5.74, 6) is 0.464. The molecule has 0 aliphatic rings. The summed E-state index contributed by atoms with van der Waals surface area (Å²) in [5.41, 5.74) is 6.37. The zero-order valence-corrected chi connectivity index (χ0v) is 9.69. The number of carbonyl (C=O) groups is 1. The van der Waals surface area contributed by atoms with E-state index in [-0.39, 0.29) is 5.91 Å². The number of nitrogens with one attached hydrogen (secondary N) is 1. The van der Waals surface area contributed by atoms with Gasteiger partial charge in [-0.2, -0.15) is 0 Å². The first kappa shape index (κ1) is 12.5. The Morgan fingerprint density at radius 3 is 2.81 bits per heavy atom. The molecule has 0 radical (unpaired) electrons. The predicted octanol–water partition coefficient (Wildman–Crippen LogP) is 1.76. The lowest BCUT2D eigenvalue weighted by Gasteiger charge is -2.13. The monoisotopic (exact) mass is 222 g/mol. The van der Waals surface area contributed by atoms with Crippen LogP contribution in [0.1, 0.15) is 19.8 Å². The van der Waals surface area contributed by atoms with Gasteiger partial charge in [-0.1, -0.05) is 25.5 Å². The van der Waals surface area contributed by atoms with Crippen molar-refractivity contribution in [2.75, 3.05) is 12.4 Å². The first-order valence-corrected chi connectivity index (χ1v) is 5.38. The summed E-state index contributed by atoms with van der Waals surface area (Å²) in [6.07, 6.45) is 1.57. The number of nitrogens with two attached hydrogens (primary N) is 1. The van der Waals surface area contributed by atoms with Crippen LogP contribution < -0.4 is 15.8 Å². The van der Waals surface area contributed by atoms with Crippen molar-refractivity contribution in [2.24, 2.45) is 5.73 Å². The van der Waals surface area contributed by atoms with Crippen molar-refractivity contribution in [2.45, 2.75) is 25.8 Å². The number of para-hydroxylation sites is 2. The first-order chi connectivity index (χ1) is 7.69. The van der Waals surface area contributed by atoms with Crippen LogP contribution in [0.4, 0.5) is 5.69 Å². The standard InChI is InChI=1S/C12H18N2O2/c1-3-6-9(13)12(15)14-10-7-4-5-8-11(10)16-2/h4-5,7-9H,3,6,13H2,1-2H3,(H,14,15)/t9-/m1/s1. The van der Waals surface area contributed by atoms with Crippen LogP contribution in [0.3, 0.4) is 0 Å². The number of ether oxygens (including phenoxy) is 1. The van der Waals surface area contributed by atoms with Crippen LogP contribution in [0.2, 0.25) is 0 Å². The number of hydrogen-bond acceptors (Lipinski definition) is 3. The summed E-state index contributed by atoms with van der Waals surface area (Å²) in [6.45, 7) is 2.00. The summed E-state index contributed by atoms with van der Waals surface area (Å²) >= 11 is 0. The molecule has 1 atom stereocenters. The molecule has 0 aromatic heterocycles. The molecule has 1 amide bonds. The maximum Gasteiger partial charge on any atom is 0.241 e. The Hall–Kier alpha value is -1.55. The van der Waals surface area contributed by atoms with Crippen LogP contribution in [0.15, 0.2) is 24.3 Å². The average Bonchev–Trinajstić information content (AvgIpc) is 2.30. The number of rotatable bonds is 5. The zero-order chi connectivity index (χ0) is 12.0. The maximum absolute atomic E-state index is 11.7. The van der Waals surface area contributed by atoms with Crippen molar-refractivity contribution < 1.29 is 9.53 Å². The van der Waals surface area contributed by atoms with Gasteiger partial charge in [0.25, 0.3) is 0 Å². The van der Waals surface area contributed by atoms with E-state index in [1.807, 2.05) is 19.1 Å². The summed E-state index contributed by atoms with van der Waals surface area (Å²) in [7, 11) is 1.57. The minimum absolute atomic E-state index is 0.175. The molecule has 4 heteroatoms. The van der Waals surface area contributed by atoms with Gasteiger partial charge >= 0.3 is 0 Å². The van der Waals surface area contributed by atoms with Crippen LogP contribution in [0.5, 0.6) is 5.75 Å². The van der Waals surface area contributed by atoms with Crippen LogP contribution >= 0.6 is 0 Å². The van der Waals surface area contributed by atoms with Gasteiger partial charge in [0.1, 0.15) is 5.75 Å². The topological polar surface area (TPSA) is 64.4 Å². The Morgan fingerprint density at radius 1 is 1.50 bits per heavy atom. The van der Waals surface area contributed by atoms with Gasteiger partial charge in [-0.25, -0.2) is 0 Å². The lowest BCUT2D eigenvalue weighted by atomic mass is 10.1. The first-order valence-electron chi connectivity index (χ1n) is 5.38. The minimum atomic E-state index is -0.463. The molecule has 0 aliphatic heterocycles. The molecule has 1 aromatic rings. The summed E-state index contributed by atoms with van der Waals surface area (Å²) in [6, 6.07) is 6.80. The quantitative estimate of drug-likeness (QED) is 0.798. The van der Waals surface area contributed by atoms with E-state index in [9.17, 15) is 4.79 Å². The molecule has 4 nitrogen and oxygen atoms in total. The fourth-order valence-corrected chi connectivity index (χ4v) is 1.42. The number of amides is 1. The van der Waals surface area contributed by atoms with Crippen molar-refractivity contribution in [3.63, 3.8) is 0 Å². The van der Waals surface area contributed by atoms with Gasteiger partial charge in [0.2, 0.25) is 5.91 Å². The van der Waals surface area contributed by atoms with E-state index in [0.29, 0.717) is 17.9 Å². The number of carbonyl (C=O) groups excluding carboxylic acids is 1. The molecule has 0 fully saturated rings. The molecular weight excluding hydrogens is 204 g/mol. The minimum Gasteiger partial charge on any atom is -0.495 e. The average molecular weight is 222 g/mol. The van der Waals surface area contributed by atoms with E-state index >= 15 is 0 Å². The molecule has 88 valence electrons. The van der Waals surface area contributed by atoms with Crippen molar-refractivity contribution in [3.8, 4) is 5.75 Å². The molecule has 0 unspecified atom stereocenters. The predicted molar refractivity (Wildman–Crippen MR) is 64.5 cm³/mol. The highest BCUT2D eigenvalue weighted by molar-refractivity contribution is 5.95. The molecule has 0 saturated heterocycles. The van der Waals surface area contributed by atoms with Crippen LogP contribution in [0, 0.1) is 0 Å².